The van der Waals surface area contributed by atoms with Crippen LogP contribution < -0.4 is 11.5 Å². The number of anilines is 1. The van der Waals surface area contributed by atoms with Crippen LogP contribution in [0, 0.1) is 29.5 Å². The number of ketones is 4. The number of benzene rings is 1. The van der Waals surface area contributed by atoms with E-state index >= 15 is 0 Å². The quantitative estimate of drug-likeness (QED) is 0.240. The molecule has 1 amide bonds. The minimum atomic E-state index is -2.79. The summed E-state index contributed by atoms with van der Waals surface area (Å²) in [4.78, 5) is 66.0. The van der Waals surface area contributed by atoms with Gasteiger partial charge in [0.2, 0.25) is 5.91 Å². The van der Waals surface area contributed by atoms with Gasteiger partial charge in [0.05, 0.1) is 23.2 Å². The molecule has 10 nitrogen and oxygen atoms in total. The molecule has 32 heavy (non-hydrogen) atoms. The lowest BCUT2D eigenvalue weighted by Crippen LogP contribution is -2.74. The summed E-state index contributed by atoms with van der Waals surface area (Å²) >= 11 is 0. The van der Waals surface area contributed by atoms with Crippen molar-refractivity contribution >= 4 is 34.7 Å². The second-order valence-corrected chi connectivity index (χ2v) is 8.93. The smallest absolute Gasteiger partial charge is 0.235 e. The summed E-state index contributed by atoms with van der Waals surface area (Å²) in [5, 5.41) is 21.5. The number of carbonyl (C=O) groups is 5. The minimum absolute atomic E-state index is 0.0388. The van der Waals surface area contributed by atoms with E-state index in [0.717, 1.165) is 0 Å². The third-order valence-electron chi connectivity index (χ3n) is 7.06. The van der Waals surface area contributed by atoms with Crippen molar-refractivity contribution in [2.45, 2.75) is 24.5 Å². The lowest BCUT2D eigenvalue weighted by atomic mass is 9.52. The first-order chi connectivity index (χ1) is 14.8. The van der Waals surface area contributed by atoms with Gasteiger partial charge < -0.3 is 21.7 Å². The first kappa shape index (κ1) is 22.0. The van der Waals surface area contributed by atoms with Gasteiger partial charge in [-0.1, -0.05) is 0 Å². The van der Waals surface area contributed by atoms with Gasteiger partial charge in [-0.15, -0.1) is 0 Å². The second kappa shape index (κ2) is 6.91. The van der Waals surface area contributed by atoms with Crippen LogP contribution in [-0.2, 0) is 25.6 Å². The maximum Gasteiger partial charge on any atom is 0.235 e. The zero-order chi connectivity index (χ0) is 23.9. The molecular formula is C21H22FN3O7. The van der Waals surface area contributed by atoms with E-state index in [2.05, 4.69) is 0 Å². The number of aromatic hydroxyl groups is 1. The Bertz CT molecular complexity index is 1120. The van der Waals surface area contributed by atoms with E-state index in [1.165, 1.54) is 19.0 Å². The van der Waals surface area contributed by atoms with Crippen LogP contribution in [0.15, 0.2) is 6.07 Å². The summed E-state index contributed by atoms with van der Waals surface area (Å²) in [5.41, 5.74) is 7.58. The lowest BCUT2D eigenvalue weighted by Gasteiger charge is -2.52. The highest BCUT2D eigenvalue weighted by atomic mass is 19.1. The third-order valence-corrected chi connectivity index (χ3v) is 7.06. The Morgan fingerprint density at radius 1 is 1.22 bits per heavy atom. The minimum Gasteiger partial charge on any atom is -0.507 e. The first-order valence-electron chi connectivity index (χ1n) is 9.98. The number of nitrogens with zero attached hydrogens (tertiary/aromatic N) is 1. The van der Waals surface area contributed by atoms with Gasteiger partial charge in [-0.3, -0.25) is 28.9 Å². The molecule has 6 atom stereocenters. The normalized spacial score (nSPS) is 34.2. The van der Waals surface area contributed by atoms with Crippen molar-refractivity contribution in [1.82, 2.24) is 4.90 Å². The average Bonchev–Trinajstić information content (AvgIpc) is 2.68. The van der Waals surface area contributed by atoms with Crippen molar-refractivity contribution in [2.24, 2.45) is 29.4 Å². The van der Waals surface area contributed by atoms with Crippen molar-refractivity contribution in [3.05, 3.63) is 23.0 Å². The average molecular weight is 447 g/mol. The number of likely N-dealkylation sites (N-methyl/N-ethyl adjacent to an activating group) is 1. The fraction of sp³-hybridized carbons (Fsp3) is 0.476. The fourth-order valence-electron chi connectivity index (χ4n) is 5.67. The SMILES string of the molecule is CN(C)[C@@H]1C(=O)C(C(N)=O)C(=O)[C@@]2(O)C(=O)C3C(=O)c4c(O)cc(F)c(N)c4C[C@H]3C[C@@H]12. The van der Waals surface area contributed by atoms with Crippen LogP contribution in [0.5, 0.6) is 5.75 Å². The molecule has 3 aliphatic rings. The number of phenolic OH excluding ortho intramolecular Hbond substituents is 1. The molecule has 0 heterocycles. The third kappa shape index (κ3) is 2.61. The van der Waals surface area contributed by atoms with Gasteiger partial charge >= 0.3 is 0 Å². The Kier molecular flexibility index (Phi) is 4.76. The molecule has 1 aromatic rings. The van der Waals surface area contributed by atoms with Gasteiger partial charge in [0.25, 0.3) is 0 Å². The summed E-state index contributed by atoms with van der Waals surface area (Å²) in [6, 6.07) is -0.540. The van der Waals surface area contributed by atoms with Crippen LogP contribution in [0.4, 0.5) is 10.1 Å². The fourth-order valence-corrected chi connectivity index (χ4v) is 5.67. The molecule has 0 spiro atoms. The van der Waals surface area contributed by atoms with Crippen molar-refractivity contribution < 1.29 is 38.6 Å². The molecular weight excluding hydrogens is 425 g/mol. The standard InChI is InChI=1S/C21H22FN3O7/c1-25(2)15-8-4-6-3-7-12(10(26)5-9(22)14(7)23)16(27)11(6)18(29)21(8,32)19(30)13(17(15)28)20(24)31/h5-6,8,11,13,15,26,32H,3-4,23H2,1-2H3,(H2,24,31)/t6-,8-,11?,13?,15-,21-/m0/s1. The van der Waals surface area contributed by atoms with Gasteiger partial charge in [0, 0.05) is 12.0 Å². The summed E-state index contributed by atoms with van der Waals surface area (Å²) in [7, 11) is 2.97. The predicted octanol–water partition coefficient (Wildman–Crippen LogP) is -1.41. The van der Waals surface area contributed by atoms with Crippen molar-refractivity contribution in [1.29, 1.82) is 0 Å². The number of primary amides is 1. The number of phenols is 1. The van der Waals surface area contributed by atoms with Crippen molar-refractivity contribution in [3.8, 4) is 5.75 Å². The van der Waals surface area contributed by atoms with Gasteiger partial charge in [-0.25, -0.2) is 4.39 Å². The highest BCUT2D eigenvalue weighted by molar-refractivity contribution is 6.32. The number of nitrogen functional groups attached to an aromatic ring is 1. The number of aliphatic hydroxyl groups is 1. The number of carbonyl (C=O) groups excluding carboxylic acids is 5. The Balaban J connectivity index is 1.89. The molecule has 0 radical (unpaired) electrons. The number of fused-ring (bicyclic) bond motifs is 3. The largest absolute Gasteiger partial charge is 0.507 e. The van der Waals surface area contributed by atoms with E-state index in [1.807, 2.05) is 0 Å². The molecule has 1 aromatic carbocycles. The monoisotopic (exact) mass is 447 g/mol. The molecule has 2 saturated carbocycles. The number of hydrogen-bond acceptors (Lipinski definition) is 9. The van der Waals surface area contributed by atoms with Crippen LogP contribution in [0.1, 0.15) is 22.3 Å². The molecule has 2 unspecified atom stereocenters. The van der Waals surface area contributed by atoms with E-state index in [9.17, 15) is 38.6 Å². The van der Waals surface area contributed by atoms with Gasteiger partial charge in [0.15, 0.2) is 34.7 Å². The zero-order valence-corrected chi connectivity index (χ0v) is 17.3. The van der Waals surface area contributed by atoms with Crippen LogP contribution in [0.25, 0.3) is 0 Å². The predicted molar refractivity (Wildman–Crippen MR) is 106 cm³/mol. The molecule has 0 saturated heterocycles. The van der Waals surface area contributed by atoms with Gasteiger partial charge in [-0.05, 0) is 38.4 Å². The molecule has 0 aliphatic heterocycles. The van der Waals surface area contributed by atoms with E-state index in [0.29, 0.717) is 6.07 Å². The first-order valence-corrected chi connectivity index (χ1v) is 9.98. The van der Waals surface area contributed by atoms with E-state index < -0.39 is 75.9 Å². The van der Waals surface area contributed by atoms with Crippen LogP contribution >= 0.6 is 0 Å². The number of halogens is 1. The van der Waals surface area contributed by atoms with E-state index in [-0.39, 0.29) is 29.7 Å². The van der Waals surface area contributed by atoms with Crippen molar-refractivity contribution in [3.63, 3.8) is 0 Å². The number of hydrogen-bond donors (Lipinski definition) is 4. The Labute approximate surface area is 181 Å². The number of nitrogens with two attached hydrogens (primary N) is 2. The highest BCUT2D eigenvalue weighted by Crippen LogP contribution is 2.51. The maximum absolute atomic E-state index is 14.1. The van der Waals surface area contributed by atoms with Crippen LogP contribution in [0.3, 0.4) is 0 Å². The Morgan fingerprint density at radius 3 is 2.41 bits per heavy atom. The highest BCUT2D eigenvalue weighted by Gasteiger charge is 2.69. The van der Waals surface area contributed by atoms with Crippen LogP contribution in [0.2, 0.25) is 0 Å². The summed E-state index contributed by atoms with van der Waals surface area (Å²) in [6.45, 7) is 0. The molecule has 4 rings (SSSR count). The van der Waals surface area contributed by atoms with E-state index in [4.69, 9.17) is 11.5 Å². The second-order valence-electron chi connectivity index (χ2n) is 8.93. The molecule has 0 aromatic heterocycles. The Morgan fingerprint density at radius 2 is 1.84 bits per heavy atom. The molecule has 170 valence electrons. The van der Waals surface area contributed by atoms with Gasteiger partial charge in [-0.2, -0.15) is 0 Å². The van der Waals surface area contributed by atoms with Crippen LogP contribution in [-0.4, -0.2) is 69.9 Å². The topological polar surface area (TPSA) is 181 Å². The summed E-state index contributed by atoms with van der Waals surface area (Å²) < 4.78 is 14.1. The molecule has 3 aliphatic carbocycles. The van der Waals surface area contributed by atoms with Gasteiger partial charge in [0.1, 0.15) is 11.6 Å². The molecule has 2 fully saturated rings. The van der Waals surface area contributed by atoms with E-state index in [1.54, 1.807) is 0 Å². The lowest BCUT2D eigenvalue weighted by molar-refractivity contribution is -0.181. The molecule has 6 N–H and O–H groups in total. The number of Topliss-reactive ketones (excluding diaryl/α,β-unsaturated/α-hetero) is 4. The maximum atomic E-state index is 14.1. The number of amides is 1. The summed E-state index contributed by atoms with van der Waals surface area (Å²) in [5.74, 6) is -12.8. The number of rotatable bonds is 2. The summed E-state index contributed by atoms with van der Waals surface area (Å²) in [6.07, 6.45) is -0.205. The molecule has 0 bridgehead atoms. The zero-order valence-electron chi connectivity index (χ0n) is 17.3. The Hall–Kier alpha value is -3.18. The van der Waals surface area contributed by atoms with Crippen molar-refractivity contribution in [2.75, 3.05) is 19.8 Å². The molecule has 11 heteroatoms.